The van der Waals surface area contributed by atoms with Crippen molar-refractivity contribution in [2.24, 2.45) is 4.99 Å². The van der Waals surface area contributed by atoms with Gasteiger partial charge in [-0.2, -0.15) is 0 Å². The van der Waals surface area contributed by atoms with Crippen molar-refractivity contribution in [3.63, 3.8) is 0 Å². The Bertz CT molecular complexity index is 1100. The standard InChI is InChI=1S/C22H21FN2O4/c1-27-19-9-2-5-14-11-18(21(26)24-13-17-8-4-10-28-17)22(29-20(14)19)25-16-7-3-6-15(23)12-16/h2-3,5-7,9,11-12,17H,4,8,10,13H2,1H3,(H,24,26). The summed E-state index contributed by atoms with van der Waals surface area (Å²) in [6.45, 7) is 1.13. The second kappa shape index (κ2) is 8.45. The Hall–Kier alpha value is -3.19. The van der Waals surface area contributed by atoms with Crippen LogP contribution in [0.15, 0.2) is 57.9 Å². The molecule has 3 aromatic rings. The Labute approximate surface area is 167 Å². The molecule has 0 spiro atoms. The molecule has 0 radical (unpaired) electrons. The molecule has 1 saturated heterocycles. The summed E-state index contributed by atoms with van der Waals surface area (Å²) >= 11 is 0. The highest BCUT2D eigenvalue weighted by molar-refractivity contribution is 5.97. The van der Waals surface area contributed by atoms with Crippen LogP contribution in [0.2, 0.25) is 0 Å². The van der Waals surface area contributed by atoms with Gasteiger partial charge in [0.2, 0.25) is 5.55 Å². The molecule has 1 fully saturated rings. The van der Waals surface area contributed by atoms with Crippen molar-refractivity contribution in [2.45, 2.75) is 18.9 Å². The van der Waals surface area contributed by atoms with Crippen LogP contribution < -0.4 is 15.6 Å². The Kier molecular flexibility index (Phi) is 5.57. The van der Waals surface area contributed by atoms with E-state index in [4.69, 9.17) is 13.9 Å². The molecule has 1 atom stereocenters. The van der Waals surface area contributed by atoms with Gasteiger partial charge in [0.25, 0.3) is 5.91 Å². The predicted molar refractivity (Wildman–Crippen MR) is 106 cm³/mol. The van der Waals surface area contributed by atoms with Crippen molar-refractivity contribution in [3.05, 3.63) is 65.5 Å². The molecule has 2 aromatic carbocycles. The number of ether oxygens (including phenoxy) is 2. The van der Waals surface area contributed by atoms with Gasteiger partial charge in [0.15, 0.2) is 11.3 Å². The van der Waals surface area contributed by atoms with Crippen LogP contribution in [0.3, 0.4) is 0 Å². The van der Waals surface area contributed by atoms with E-state index in [1.165, 1.54) is 19.2 Å². The zero-order chi connectivity index (χ0) is 20.2. The number of hydrogen-bond acceptors (Lipinski definition) is 5. The molecule has 0 saturated carbocycles. The lowest BCUT2D eigenvalue weighted by molar-refractivity contribution is 0.0854. The first-order valence-electron chi connectivity index (χ1n) is 9.45. The summed E-state index contributed by atoms with van der Waals surface area (Å²) in [7, 11) is 1.54. The number of rotatable bonds is 5. The van der Waals surface area contributed by atoms with Gasteiger partial charge in [0.05, 0.1) is 18.9 Å². The van der Waals surface area contributed by atoms with Crippen LogP contribution in [0.5, 0.6) is 5.75 Å². The number of benzene rings is 2. The number of carbonyl (C=O) groups excluding carboxylic acids is 1. The average Bonchev–Trinajstić information content (AvgIpc) is 3.25. The molecule has 1 aliphatic rings. The maximum Gasteiger partial charge on any atom is 0.256 e. The normalized spacial score (nSPS) is 16.9. The molecule has 0 bridgehead atoms. The number of methoxy groups -OCH3 is 1. The van der Waals surface area contributed by atoms with Gasteiger partial charge in [-0.25, -0.2) is 9.38 Å². The van der Waals surface area contributed by atoms with Crippen molar-refractivity contribution in [1.82, 2.24) is 5.32 Å². The van der Waals surface area contributed by atoms with E-state index in [2.05, 4.69) is 10.3 Å². The maximum atomic E-state index is 13.6. The van der Waals surface area contributed by atoms with Crippen LogP contribution in [0.1, 0.15) is 23.2 Å². The first-order valence-corrected chi connectivity index (χ1v) is 9.45. The molecule has 0 aliphatic carbocycles. The molecule has 1 N–H and O–H groups in total. The second-order valence-electron chi connectivity index (χ2n) is 6.78. The summed E-state index contributed by atoms with van der Waals surface area (Å²) in [5.74, 6) is -0.234. The molecule has 150 valence electrons. The molecule has 29 heavy (non-hydrogen) atoms. The smallest absolute Gasteiger partial charge is 0.256 e. The molecule has 1 unspecified atom stereocenters. The van der Waals surface area contributed by atoms with Gasteiger partial charge in [0.1, 0.15) is 11.4 Å². The molecule has 1 amide bonds. The van der Waals surface area contributed by atoms with E-state index in [0.29, 0.717) is 35.6 Å². The number of nitrogens with zero attached hydrogens (tertiary/aromatic N) is 1. The Morgan fingerprint density at radius 1 is 1.28 bits per heavy atom. The summed E-state index contributed by atoms with van der Waals surface area (Å²) in [4.78, 5) is 17.3. The van der Waals surface area contributed by atoms with Gasteiger partial charge in [-0.3, -0.25) is 4.79 Å². The third-order valence-corrected chi connectivity index (χ3v) is 4.76. The van der Waals surface area contributed by atoms with E-state index in [0.717, 1.165) is 12.8 Å². The van der Waals surface area contributed by atoms with Crippen LogP contribution in [0.25, 0.3) is 11.0 Å². The van der Waals surface area contributed by atoms with E-state index >= 15 is 0 Å². The largest absolute Gasteiger partial charge is 0.493 e. The fraction of sp³-hybridized carbons (Fsp3) is 0.273. The van der Waals surface area contributed by atoms with Crippen LogP contribution >= 0.6 is 0 Å². The lowest BCUT2D eigenvalue weighted by Gasteiger charge is -2.11. The molecule has 7 heteroatoms. The monoisotopic (exact) mass is 396 g/mol. The maximum absolute atomic E-state index is 13.6. The number of fused-ring (bicyclic) bond motifs is 1. The Balaban J connectivity index is 1.79. The molecule has 1 aliphatic heterocycles. The zero-order valence-electron chi connectivity index (χ0n) is 16.0. The van der Waals surface area contributed by atoms with Crippen LogP contribution in [-0.2, 0) is 4.74 Å². The quantitative estimate of drug-likeness (QED) is 0.713. The summed E-state index contributed by atoms with van der Waals surface area (Å²) in [6, 6.07) is 12.9. The van der Waals surface area contributed by atoms with Crippen molar-refractivity contribution in [1.29, 1.82) is 0 Å². The highest BCUT2D eigenvalue weighted by atomic mass is 19.1. The topological polar surface area (TPSA) is 73.1 Å². The average molecular weight is 396 g/mol. The van der Waals surface area contributed by atoms with Crippen molar-refractivity contribution < 1.29 is 23.1 Å². The van der Waals surface area contributed by atoms with E-state index in [1.54, 1.807) is 24.3 Å². The first-order chi connectivity index (χ1) is 14.1. The van der Waals surface area contributed by atoms with Crippen LogP contribution in [0, 0.1) is 5.82 Å². The highest BCUT2D eigenvalue weighted by Gasteiger charge is 2.19. The Morgan fingerprint density at radius 3 is 2.90 bits per heavy atom. The molecular weight excluding hydrogens is 375 g/mol. The van der Waals surface area contributed by atoms with E-state index in [1.807, 2.05) is 12.1 Å². The summed E-state index contributed by atoms with van der Waals surface area (Å²) in [5, 5.41) is 3.58. The van der Waals surface area contributed by atoms with E-state index in [-0.39, 0.29) is 23.1 Å². The number of para-hydroxylation sites is 1. The lowest BCUT2D eigenvalue weighted by atomic mass is 10.1. The predicted octanol–water partition coefficient (Wildman–Crippen LogP) is 3.72. The number of carbonyl (C=O) groups is 1. The van der Waals surface area contributed by atoms with Crippen LogP contribution in [0.4, 0.5) is 10.1 Å². The third kappa shape index (κ3) is 4.30. The van der Waals surface area contributed by atoms with E-state index in [9.17, 15) is 9.18 Å². The Morgan fingerprint density at radius 2 is 2.14 bits per heavy atom. The van der Waals surface area contributed by atoms with Crippen LogP contribution in [-0.4, -0.2) is 32.3 Å². The minimum absolute atomic E-state index is 0.0139. The van der Waals surface area contributed by atoms with Gasteiger partial charge >= 0.3 is 0 Å². The highest BCUT2D eigenvalue weighted by Crippen LogP contribution is 2.25. The van der Waals surface area contributed by atoms with Crippen molar-refractivity contribution in [3.8, 4) is 5.75 Å². The third-order valence-electron chi connectivity index (χ3n) is 4.76. The summed E-state index contributed by atoms with van der Waals surface area (Å²) in [5.41, 5.74) is 1.14. The van der Waals surface area contributed by atoms with Gasteiger partial charge in [-0.15, -0.1) is 0 Å². The van der Waals surface area contributed by atoms with E-state index < -0.39 is 5.82 Å². The minimum atomic E-state index is -0.422. The minimum Gasteiger partial charge on any atom is -0.493 e. The number of nitrogens with one attached hydrogen (secondary N) is 1. The molecular formula is C22H21FN2O4. The number of halogens is 1. The van der Waals surface area contributed by atoms with Gasteiger partial charge in [-0.1, -0.05) is 18.2 Å². The van der Waals surface area contributed by atoms with Crippen molar-refractivity contribution in [2.75, 3.05) is 20.3 Å². The molecule has 1 aromatic heterocycles. The van der Waals surface area contributed by atoms with Gasteiger partial charge < -0.3 is 19.2 Å². The fourth-order valence-corrected chi connectivity index (χ4v) is 3.30. The fourth-order valence-electron chi connectivity index (χ4n) is 3.30. The molecule has 2 heterocycles. The van der Waals surface area contributed by atoms with Gasteiger partial charge in [-0.05, 0) is 43.2 Å². The number of amides is 1. The zero-order valence-corrected chi connectivity index (χ0v) is 16.0. The summed E-state index contributed by atoms with van der Waals surface area (Å²) < 4.78 is 30.4. The first kappa shape index (κ1) is 19.1. The SMILES string of the molecule is COc1cccc2cc(C(=O)NCC3CCCO3)c(=Nc3cccc(F)c3)oc12. The number of hydrogen-bond donors (Lipinski definition) is 1. The van der Waals surface area contributed by atoms with Crippen molar-refractivity contribution >= 4 is 22.6 Å². The lowest BCUT2D eigenvalue weighted by Crippen LogP contribution is -2.34. The second-order valence-corrected chi connectivity index (χ2v) is 6.78. The van der Waals surface area contributed by atoms with Gasteiger partial charge in [0, 0.05) is 18.5 Å². The molecule has 4 rings (SSSR count). The molecule has 6 nitrogen and oxygen atoms in total. The summed E-state index contributed by atoms with van der Waals surface area (Å²) in [6.07, 6.45) is 1.92.